The van der Waals surface area contributed by atoms with Crippen LogP contribution in [0.3, 0.4) is 0 Å². The summed E-state index contributed by atoms with van der Waals surface area (Å²) >= 11 is 0. The number of hydrogen-bond acceptors (Lipinski definition) is 5. The number of ether oxygens (including phenoxy) is 5. The Labute approximate surface area is 142 Å². The van der Waals surface area contributed by atoms with Gasteiger partial charge in [-0.2, -0.15) is 0 Å². The summed E-state index contributed by atoms with van der Waals surface area (Å²) in [7, 11) is 7.79. The minimum absolute atomic E-state index is 0.422. The molecule has 0 unspecified atom stereocenters. The van der Waals surface area contributed by atoms with E-state index in [4.69, 9.17) is 23.7 Å². The largest absolute Gasteiger partial charge is 0.492 e. The molecule has 0 saturated carbocycles. The van der Waals surface area contributed by atoms with Crippen molar-refractivity contribution in [3.63, 3.8) is 0 Å². The van der Waals surface area contributed by atoms with Gasteiger partial charge in [0.25, 0.3) is 0 Å². The molecule has 0 N–H and O–H groups in total. The van der Waals surface area contributed by atoms with E-state index in [0.717, 1.165) is 5.56 Å². The summed E-state index contributed by atoms with van der Waals surface area (Å²) in [5.41, 5.74) is 1.76. The molecule has 0 amide bonds. The second-order valence-corrected chi connectivity index (χ2v) is 4.82. The normalized spacial score (nSPS) is 10.5. The Morgan fingerprint density at radius 3 is 1.38 bits per heavy atom. The Morgan fingerprint density at radius 2 is 0.958 bits per heavy atom. The maximum Gasteiger partial charge on any atom is 0.211 e. The van der Waals surface area contributed by atoms with Gasteiger partial charge in [-0.05, 0) is 11.6 Å². The Bertz CT molecular complexity index is 674. The van der Waals surface area contributed by atoms with Crippen molar-refractivity contribution in [2.24, 2.45) is 0 Å². The summed E-state index contributed by atoms with van der Waals surface area (Å²) in [6, 6.07) is 9.94. The predicted octanol–water partition coefficient (Wildman–Crippen LogP) is 3.90. The van der Waals surface area contributed by atoms with Gasteiger partial charge in [0.05, 0.1) is 41.1 Å². The van der Waals surface area contributed by atoms with Gasteiger partial charge in [-0.15, -0.1) is 0 Å². The lowest BCUT2D eigenvalue weighted by atomic mass is 10.1. The first-order valence-corrected chi connectivity index (χ1v) is 7.38. The van der Waals surface area contributed by atoms with Crippen LogP contribution in [0, 0.1) is 0 Å². The van der Waals surface area contributed by atoms with E-state index in [1.54, 1.807) is 35.5 Å². The fourth-order valence-electron chi connectivity index (χ4n) is 2.51. The molecule has 0 aliphatic rings. The fraction of sp³-hybridized carbons (Fsp3) is 0.263. The van der Waals surface area contributed by atoms with E-state index in [0.29, 0.717) is 34.3 Å². The van der Waals surface area contributed by atoms with E-state index in [-0.39, 0.29) is 0 Å². The van der Waals surface area contributed by atoms with Crippen LogP contribution >= 0.6 is 0 Å². The van der Waals surface area contributed by atoms with Crippen LogP contribution in [0.25, 0.3) is 12.2 Å². The zero-order chi connectivity index (χ0) is 17.5. The van der Waals surface area contributed by atoms with Crippen molar-refractivity contribution in [2.45, 2.75) is 0 Å². The average molecular weight is 330 g/mol. The minimum atomic E-state index is 0.422. The standard InChI is InChI=1S/C19H22O5/c1-20-15-14(12-11-13-9-7-6-8-10-13)16(21-2)18(23-4)19(24-5)17(15)22-3/h6-12H,1-5H3. The molecule has 24 heavy (non-hydrogen) atoms. The molecular formula is C19H22O5. The highest BCUT2D eigenvalue weighted by Gasteiger charge is 2.27. The molecular weight excluding hydrogens is 308 g/mol. The molecule has 2 rings (SSSR count). The maximum atomic E-state index is 5.55. The van der Waals surface area contributed by atoms with Gasteiger partial charge in [0.15, 0.2) is 11.5 Å². The summed E-state index contributed by atoms with van der Waals surface area (Å²) in [6.07, 6.45) is 3.86. The number of rotatable bonds is 7. The highest BCUT2D eigenvalue weighted by atomic mass is 16.6. The van der Waals surface area contributed by atoms with E-state index in [9.17, 15) is 0 Å². The van der Waals surface area contributed by atoms with Gasteiger partial charge in [0.1, 0.15) is 0 Å². The summed E-state index contributed by atoms with van der Waals surface area (Å²) in [5.74, 6) is 2.35. The molecule has 0 aliphatic heterocycles. The highest BCUT2D eigenvalue weighted by Crippen LogP contribution is 2.53. The van der Waals surface area contributed by atoms with Crippen LogP contribution in [-0.2, 0) is 0 Å². The molecule has 0 radical (unpaired) electrons. The van der Waals surface area contributed by atoms with Gasteiger partial charge >= 0.3 is 0 Å². The van der Waals surface area contributed by atoms with E-state index in [1.165, 1.54) is 0 Å². The summed E-state index contributed by atoms with van der Waals surface area (Å²) in [4.78, 5) is 0. The fourth-order valence-corrected chi connectivity index (χ4v) is 2.51. The Kier molecular flexibility index (Phi) is 5.95. The molecule has 0 aromatic heterocycles. The Morgan fingerprint density at radius 1 is 0.542 bits per heavy atom. The lowest BCUT2D eigenvalue weighted by Crippen LogP contribution is -2.03. The first-order valence-electron chi connectivity index (χ1n) is 7.38. The summed E-state index contributed by atoms with van der Waals surface area (Å²) < 4.78 is 27.5. The van der Waals surface area contributed by atoms with E-state index >= 15 is 0 Å². The third-order valence-electron chi connectivity index (χ3n) is 3.58. The van der Waals surface area contributed by atoms with Crippen molar-refractivity contribution >= 4 is 12.2 Å². The molecule has 0 spiro atoms. The SMILES string of the molecule is COc1c(C=Cc2ccccc2)c(OC)c(OC)c(OC)c1OC. The van der Waals surface area contributed by atoms with Crippen LogP contribution in [0.4, 0.5) is 0 Å². The van der Waals surface area contributed by atoms with Gasteiger partial charge in [0, 0.05) is 0 Å². The topological polar surface area (TPSA) is 46.2 Å². The monoisotopic (exact) mass is 330 g/mol. The maximum absolute atomic E-state index is 5.55. The van der Waals surface area contributed by atoms with E-state index < -0.39 is 0 Å². The van der Waals surface area contributed by atoms with Crippen molar-refractivity contribution in [3.8, 4) is 28.7 Å². The van der Waals surface area contributed by atoms with E-state index in [2.05, 4.69) is 0 Å². The molecule has 128 valence electrons. The van der Waals surface area contributed by atoms with Gasteiger partial charge in [-0.1, -0.05) is 36.4 Å². The second kappa shape index (κ2) is 8.15. The summed E-state index contributed by atoms with van der Waals surface area (Å²) in [6.45, 7) is 0. The Balaban J connectivity index is 2.70. The minimum Gasteiger partial charge on any atom is -0.492 e. The van der Waals surface area contributed by atoms with Crippen LogP contribution in [0.5, 0.6) is 28.7 Å². The molecule has 2 aromatic rings. The van der Waals surface area contributed by atoms with Gasteiger partial charge in [0.2, 0.25) is 17.2 Å². The first-order chi connectivity index (χ1) is 11.7. The smallest absolute Gasteiger partial charge is 0.211 e. The molecule has 0 saturated heterocycles. The molecule has 2 aromatic carbocycles. The van der Waals surface area contributed by atoms with E-state index in [1.807, 2.05) is 42.5 Å². The number of methoxy groups -OCH3 is 5. The van der Waals surface area contributed by atoms with Gasteiger partial charge in [-0.25, -0.2) is 0 Å². The van der Waals surface area contributed by atoms with Crippen molar-refractivity contribution in [2.75, 3.05) is 35.5 Å². The second-order valence-electron chi connectivity index (χ2n) is 4.82. The van der Waals surface area contributed by atoms with Crippen LogP contribution in [-0.4, -0.2) is 35.5 Å². The molecule has 0 atom stereocenters. The Hall–Kier alpha value is -2.82. The molecule has 0 fully saturated rings. The zero-order valence-corrected chi connectivity index (χ0v) is 14.6. The highest BCUT2D eigenvalue weighted by molar-refractivity contribution is 5.83. The van der Waals surface area contributed by atoms with Crippen LogP contribution in [0.2, 0.25) is 0 Å². The lowest BCUT2D eigenvalue weighted by Gasteiger charge is -2.20. The molecule has 0 heterocycles. The third-order valence-corrected chi connectivity index (χ3v) is 3.58. The van der Waals surface area contributed by atoms with Gasteiger partial charge in [-0.3, -0.25) is 0 Å². The average Bonchev–Trinajstić information content (AvgIpc) is 2.64. The molecule has 0 aliphatic carbocycles. The van der Waals surface area contributed by atoms with Crippen molar-refractivity contribution < 1.29 is 23.7 Å². The lowest BCUT2D eigenvalue weighted by molar-refractivity contribution is 0.290. The quantitative estimate of drug-likeness (QED) is 0.721. The van der Waals surface area contributed by atoms with Gasteiger partial charge < -0.3 is 23.7 Å². The number of benzene rings is 2. The van der Waals surface area contributed by atoms with Crippen molar-refractivity contribution in [1.82, 2.24) is 0 Å². The van der Waals surface area contributed by atoms with Crippen molar-refractivity contribution in [1.29, 1.82) is 0 Å². The van der Waals surface area contributed by atoms with Crippen LogP contribution < -0.4 is 23.7 Å². The van der Waals surface area contributed by atoms with Crippen LogP contribution in [0.1, 0.15) is 11.1 Å². The molecule has 5 nitrogen and oxygen atoms in total. The van der Waals surface area contributed by atoms with Crippen LogP contribution in [0.15, 0.2) is 30.3 Å². The third kappa shape index (κ3) is 3.25. The molecule has 5 heteroatoms. The predicted molar refractivity (Wildman–Crippen MR) is 94.6 cm³/mol. The summed E-state index contributed by atoms with van der Waals surface area (Å²) in [5, 5.41) is 0. The first kappa shape index (κ1) is 17.5. The zero-order valence-electron chi connectivity index (χ0n) is 14.6. The number of hydrogen-bond donors (Lipinski definition) is 0. The van der Waals surface area contributed by atoms with Crippen molar-refractivity contribution in [3.05, 3.63) is 41.5 Å². The molecule has 0 bridgehead atoms.